The first kappa shape index (κ1) is 28.7. The van der Waals surface area contributed by atoms with Crippen LogP contribution < -0.4 is 10.6 Å². The zero-order valence-electron chi connectivity index (χ0n) is 24.1. The zero-order valence-corrected chi connectivity index (χ0v) is 24.1. The molecule has 4 aromatic rings. The monoisotopic (exact) mass is 594 g/mol. The molecule has 1 aromatic carbocycles. The molecule has 13 heteroatoms. The Morgan fingerprint density at radius 3 is 2.58 bits per heavy atom. The summed E-state index contributed by atoms with van der Waals surface area (Å²) in [4.78, 5) is 23.8. The Hall–Kier alpha value is -4.42. The average molecular weight is 595 g/mol. The fourth-order valence-corrected chi connectivity index (χ4v) is 5.17. The number of alkyl halides is 3. The quantitative estimate of drug-likeness (QED) is 0.269. The van der Waals surface area contributed by atoms with Crippen molar-refractivity contribution in [3.8, 4) is 22.4 Å². The van der Waals surface area contributed by atoms with Gasteiger partial charge in [-0.15, -0.1) is 10.2 Å². The van der Waals surface area contributed by atoms with Crippen molar-refractivity contribution in [1.82, 2.24) is 29.5 Å². The van der Waals surface area contributed by atoms with Gasteiger partial charge in [0.1, 0.15) is 17.7 Å². The van der Waals surface area contributed by atoms with Crippen LogP contribution in [-0.2, 0) is 10.9 Å². The molecular formula is C30H33F3N8O2. The largest absolute Gasteiger partial charge is 0.444 e. The number of halogens is 3. The number of carbonyl (C=O) groups excluding carboxylic acids is 1. The van der Waals surface area contributed by atoms with Gasteiger partial charge in [0.05, 0.1) is 16.8 Å². The summed E-state index contributed by atoms with van der Waals surface area (Å²) in [5.41, 5.74) is 0.785. The molecule has 10 nitrogen and oxygen atoms in total. The van der Waals surface area contributed by atoms with Crippen LogP contribution in [0.15, 0.2) is 48.9 Å². The van der Waals surface area contributed by atoms with Crippen molar-refractivity contribution >= 4 is 23.5 Å². The maximum absolute atomic E-state index is 13.7. The zero-order chi connectivity index (χ0) is 30.4. The van der Waals surface area contributed by atoms with Crippen LogP contribution in [0.2, 0.25) is 0 Å². The SMILES string of the molecule is CC(C)(C)OC(=O)N1CCCC(Nc2nc(-c3ccnc(NC4CC4)c3)c(-c3cccc(C(F)(F)F)c3)c3nncn23)C1. The number of aromatic nitrogens is 5. The van der Waals surface area contributed by atoms with Gasteiger partial charge in [0.25, 0.3) is 0 Å². The summed E-state index contributed by atoms with van der Waals surface area (Å²) in [5.74, 6) is 1.07. The van der Waals surface area contributed by atoms with E-state index in [2.05, 4.69) is 25.8 Å². The van der Waals surface area contributed by atoms with Crippen LogP contribution >= 0.6 is 0 Å². The second-order valence-electron chi connectivity index (χ2n) is 12.0. The number of hydrogen-bond donors (Lipinski definition) is 2. The number of likely N-dealkylation sites (tertiary alicyclic amines) is 1. The third-order valence-electron chi connectivity index (χ3n) is 7.30. The van der Waals surface area contributed by atoms with Crippen LogP contribution in [0.25, 0.3) is 28.0 Å². The van der Waals surface area contributed by atoms with E-state index < -0.39 is 17.3 Å². The van der Waals surface area contributed by atoms with E-state index in [4.69, 9.17) is 9.72 Å². The number of nitrogens with zero attached hydrogens (tertiary/aromatic N) is 6. The van der Waals surface area contributed by atoms with Gasteiger partial charge in [-0.2, -0.15) is 13.2 Å². The smallest absolute Gasteiger partial charge is 0.416 e. The minimum Gasteiger partial charge on any atom is -0.444 e. The standard InChI is InChI=1S/C30H33F3N8O2/c1-29(2,3)43-28(42)40-13-5-8-22(16-40)37-27-38-25(19-11-12-34-23(15-19)36-21-9-10-21)24(26-39-35-17-41(26)27)18-6-4-7-20(14-18)30(31,32)33/h4,6-7,11-12,14-15,17,21-22H,5,8-10,13,16H2,1-3H3,(H,34,36)(H,37,38). The number of hydrogen-bond acceptors (Lipinski definition) is 8. The number of piperidine rings is 1. The highest BCUT2D eigenvalue weighted by Crippen LogP contribution is 2.39. The number of benzene rings is 1. The van der Waals surface area contributed by atoms with Crippen molar-refractivity contribution in [2.75, 3.05) is 23.7 Å². The maximum Gasteiger partial charge on any atom is 0.416 e. The predicted octanol–water partition coefficient (Wildman–Crippen LogP) is 6.26. The molecule has 43 heavy (non-hydrogen) atoms. The number of pyridine rings is 1. The Balaban J connectivity index is 1.42. The van der Waals surface area contributed by atoms with E-state index >= 15 is 0 Å². The van der Waals surface area contributed by atoms with Crippen LogP contribution in [0.1, 0.15) is 52.0 Å². The molecule has 1 aliphatic carbocycles. The van der Waals surface area contributed by atoms with Gasteiger partial charge in [0, 0.05) is 36.9 Å². The van der Waals surface area contributed by atoms with E-state index in [1.165, 1.54) is 12.4 Å². The van der Waals surface area contributed by atoms with Crippen LogP contribution in [0, 0.1) is 0 Å². The fourth-order valence-electron chi connectivity index (χ4n) is 5.17. The molecule has 1 atom stereocenters. The van der Waals surface area contributed by atoms with Crippen molar-refractivity contribution < 1.29 is 22.7 Å². The molecule has 3 aromatic heterocycles. The Morgan fingerprint density at radius 2 is 1.84 bits per heavy atom. The van der Waals surface area contributed by atoms with E-state index in [1.54, 1.807) is 27.6 Å². The Bertz CT molecular complexity index is 1640. The molecule has 0 bridgehead atoms. The highest BCUT2D eigenvalue weighted by atomic mass is 19.4. The van der Waals surface area contributed by atoms with Crippen LogP contribution in [-0.4, -0.2) is 66.3 Å². The minimum atomic E-state index is -4.52. The van der Waals surface area contributed by atoms with E-state index in [9.17, 15) is 18.0 Å². The molecule has 1 saturated carbocycles. The summed E-state index contributed by atoms with van der Waals surface area (Å²) >= 11 is 0. The lowest BCUT2D eigenvalue weighted by atomic mass is 9.98. The van der Waals surface area contributed by atoms with Crippen LogP contribution in [0.4, 0.5) is 29.7 Å². The highest BCUT2D eigenvalue weighted by molar-refractivity contribution is 5.91. The lowest BCUT2D eigenvalue weighted by Gasteiger charge is -2.34. The Labute approximate surface area is 246 Å². The van der Waals surface area contributed by atoms with Crippen molar-refractivity contribution in [2.24, 2.45) is 0 Å². The molecule has 1 saturated heterocycles. The molecule has 6 rings (SSSR count). The minimum absolute atomic E-state index is 0.156. The van der Waals surface area contributed by atoms with Crippen molar-refractivity contribution in [2.45, 2.75) is 70.3 Å². The first-order valence-corrected chi connectivity index (χ1v) is 14.3. The average Bonchev–Trinajstić information content (AvgIpc) is 3.63. The van der Waals surface area contributed by atoms with Gasteiger partial charge >= 0.3 is 12.3 Å². The summed E-state index contributed by atoms with van der Waals surface area (Å²) in [6.07, 6.45) is 1.88. The number of ether oxygens (including phenoxy) is 1. The first-order chi connectivity index (χ1) is 20.4. The molecule has 2 N–H and O–H groups in total. The van der Waals surface area contributed by atoms with Crippen molar-refractivity contribution in [1.29, 1.82) is 0 Å². The molecule has 2 aliphatic rings. The number of carbonyl (C=O) groups is 1. The summed E-state index contributed by atoms with van der Waals surface area (Å²) in [6, 6.07) is 8.95. The highest BCUT2D eigenvalue weighted by Gasteiger charge is 2.32. The number of rotatable bonds is 6. The molecule has 1 aliphatic heterocycles. The van der Waals surface area contributed by atoms with Gasteiger partial charge in [-0.1, -0.05) is 12.1 Å². The second-order valence-corrected chi connectivity index (χ2v) is 12.0. The molecule has 1 amide bonds. The molecule has 1 unspecified atom stereocenters. The molecule has 0 radical (unpaired) electrons. The van der Waals surface area contributed by atoms with Crippen LogP contribution in [0.3, 0.4) is 0 Å². The van der Waals surface area contributed by atoms with Gasteiger partial charge in [0.2, 0.25) is 5.95 Å². The topological polar surface area (TPSA) is 110 Å². The normalized spacial score (nSPS) is 17.6. The number of amides is 1. The third kappa shape index (κ3) is 6.50. The third-order valence-corrected chi connectivity index (χ3v) is 7.30. The number of nitrogens with one attached hydrogen (secondary N) is 2. The summed E-state index contributed by atoms with van der Waals surface area (Å²) in [7, 11) is 0. The Morgan fingerprint density at radius 1 is 1.02 bits per heavy atom. The predicted molar refractivity (Wildman–Crippen MR) is 156 cm³/mol. The van der Waals surface area contributed by atoms with Gasteiger partial charge in [0.15, 0.2) is 5.65 Å². The van der Waals surface area contributed by atoms with Gasteiger partial charge in [-0.05, 0) is 76.3 Å². The van der Waals surface area contributed by atoms with Crippen molar-refractivity contribution in [3.63, 3.8) is 0 Å². The van der Waals surface area contributed by atoms with E-state index in [0.29, 0.717) is 58.9 Å². The van der Waals surface area contributed by atoms with Gasteiger partial charge in [-0.25, -0.2) is 14.8 Å². The molecule has 4 heterocycles. The van der Waals surface area contributed by atoms with Crippen molar-refractivity contribution in [3.05, 3.63) is 54.5 Å². The summed E-state index contributed by atoms with van der Waals surface area (Å²) in [6.45, 7) is 6.46. The van der Waals surface area contributed by atoms with E-state index in [-0.39, 0.29) is 12.1 Å². The molecular weight excluding hydrogens is 561 g/mol. The maximum atomic E-state index is 13.7. The Kier molecular flexibility index (Phi) is 7.35. The molecule has 2 fully saturated rings. The first-order valence-electron chi connectivity index (χ1n) is 14.3. The number of fused-ring (bicyclic) bond motifs is 1. The van der Waals surface area contributed by atoms with Gasteiger partial charge < -0.3 is 20.3 Å². The van der Waals surface area contributed by atoms with Crippen LogP contribution in [0.5, 0.6) is 0 Å². The summed E-state index contributed by atoms with van der Waals surface area (Å²) < 4.78 is 48.4. The van der Waals surface area contributed by atoms with E-state index in [0.717, 1.165) is 37.8 Å². The van der Waals surface area contributed by atoms with Gasteiger partial charge in [-0.3, -0.25) is 4.40 Å². The molecule has 0 spiro atoms. The molecule has 226 valence electrons. The lowest BCUT2D eigenvalue weighted by Crippen LogP contribution is -2.47. The lowest BCUT2D eigenvalue weighted by molar-refractivity contribution is -0.137. The summed E-state index contributed by atoms with van der Waals surface area (Å²) in [5, 5.41) is 15.2. The fraction of sp³-hybridized carbons (Fsp3) is 0.433. The second kappa shape index (κ2) is 11.0. The number of anilines is 2. The van der Waals surface area contributed by atoms with E-state index in [1.807, 2.05) is 26.8 Å².